The van der Waals surface area contributed by atoms with Gasteiger partial charge in [-0.25, -0.2) is 0 Å². The molecular formula is C16H12N4O3. The number of rotatable bonds is 3. The van der Waals surface area contributed by atoms with E-state index in [1.807, 2.05) is 6.07 Å². The molecule has 23 heavy (non-hydrogen) atoms. The van der Waals surface area contributed by atoms with E-state index in [4.69, 9.17) is 9.15 Å². The van der Waals surface area contributed by atoms with Crippen molar-refractivity contribution in [2.75, 3.05) is 7.11 Å². The Hall–Kier alpha value is -3.06. The number of benzene rings is 2. The molecule has 0 amide bonds. The summed E-state index contributed by atoms with van der Waals surface area (Å²) in [5.74, 6) is 0.449. The number of methoxy groups -OCH3 is 1. The molecule has 0 atom stereocenters. The normalized spacial score (nSPS) is 11.3. The Morgan fingerprint density at radius 2 is 2.04 bits per heavy atom. The van der Waals surface area contributed by atoms with Gasteiger partial charge in [0.2, 0.25) is 11.3 Å². The van der Waals surface area contributed by atoms with Crippen LogP contribution in [0.15, 0.2) is 45.6 Å². The highest BCUT2D eigenvalue weighted by Crippen LogP contribution is 2.24. The van der Waals surface area contributed by atoms with Gasteiger partial charge in [-0.05, 0) is 35.0 Å². The van der Waals surface area contributed by atoms with Crippen molar-refractivity contribution in [3.8, 4) is 11.4 Å². The Labute approximate surface area is 129 Å². The van der Waals surface area contributed by atoms with Crippen LogP contribution in [-0.2, 0) is 11.3 Å². The molecule has 114 valence electrons. The third-order valence-electron chi connectivity index (χ3n) is 3.65. The maximum absolute atomic E-state index is 12.7. The second-order valence-electron chi connectivity index (χ2n) is 5.14. The average Bonchev–Trinajstić information content (AvgIpc) is 3.10. The molecule has 7 nitrogen and oxygen atoms in total. The predicted octanol–water partition coefficient (Wildman–Crippen LogP) is 2.27. The van der Waals surface area contributed by atoms with Crippen LogP contribution < -0.4 is 5.43 Å². The SMILES string of the molecule is COCc1ccc2oc3cc(-c4nn[nH]n4)ccc3c(=O)c2c1. The molecule has 2 aromatic carbocycles. The Bertz CT molecular complexity index is 1050. The zero-order valence-electron chi connectivity index (χ0n) is 12.2. The van der Waals surface area contributed by atoms with E-state index >= 15 is 0 Å². The summed E-state index contributed by atoms with van der Waals surface area (Å²) in [4.78, 5) is 12.7. The van der Waals surface area contributed by atoms with Gasteiger partial charge in [0, 0.05) is 12.7 Å². The van der Waals surface area contributed by atoms with Crippen LogP contribution >= 0.6 is 0 Å². The lowest BCUT2D eigenvalue weighted by Gasteiger charge is -2.05. The van der Waals surface area contributed by atoms with Gasteiger partial charge < -0.3 is 9.15 Å². The van der Waals surface area contributed by atoms with Crippen molar-refractivity contribution in [2.45, 2.75) is 6.61 Å². The van der Waals surface area contributed by atoms with Crippen molar-refractivity contribution in [2.24, 2.45) is 0 Å². The Morgan fingerprint density at radius 3 is 2.83 bits per heavy atom. The highest BCUT2D eigenvalue weighted by molar-refractivity contribution is 5.91. The lowest BCUT2D eigenvalue weighted by molar-refractivity contribution is 0.185. The second kappa shape index (κ2) is 5.29. The van der Waals surface area contributed by atoms with Crippen LogP contribution in [0.3, 0.4) is 0 Å². The third-order valence-corrected chi connectivity index (χ3v) is 3.65. The summed E-state index contributed by atoms with van der Waals surface area (Å²) in [6.07, 6.45) is 0. The van der Waals surface area contributed by atoms with E-state index in [0.29, 0.717) is 34.4 Å². The number of tetrazole rings is 1. The molecule has 0 aliphatic rings. The molecule has 0 unspecified atom stereocenters. The van der Waals surface area contributed by atoms with Gasteiger partial charge in [0.1, 0.15) is 11.2 Å². The number of aromatic nitrogens is 4. The van der Waals surface area contributed by atoms with Crippen molar-refractivity contribution < 1.29 is 9.15 Å². The highest BCUT2D eigenvalue weighted by Gasteiger charge is 2.11. The van der Waals surface area contributed by atoms with Gasteiger partial charge in [0.25, 0.3) is 0 Å². The van der Waals surface area contributed by atoms with Gasteiger partial charge in [0.05, 0.1) is 17.4 Å². The molecule has 1 N–H and O–H groups in total. The van der Waals surface area contributed by atoms with Gasteiger partial charge >= 0.3 is 0 Å². The fourth-order valence-corrected chi connectivity index (χ4v) is 2.58. The van der Waals surface area contributed by atoms with Crippen LogP contribution in [0.2, 0.25) is 0 Å². The fourth-order valence-electron chi connectivity index (χ4n) is 2.58. The number of nitrogens with one attached hydrogen (secondary N) is 1. The minimum absolute atomic E-state index is 0.0705. The van der Waals surface area contributed by atoms with E-state index in [9.17, 15) is 4.79 Å². The van der Waals surface area contributed by atoms with Crippen LogP contribution in [0, 0.1) is 0 Å². The molecule has 0 saturated carbocycles. The molecule has 4 aromatic rings. The van der Waals surface area contributed by atoms with Gasteiger partial charge in [-0.15, -0.1) is 10.2 Å². The predicted molar refractivity (Wildman–Crippen MR) is 83.9 cm³/mol. The van der Waals surface area contributed by atoms with E-state index in [2.05, 4.69) is 20.6 Å². The first kappa shape index (κ1) is 13.6. The number of hydrogen-bond acceptors (Lipinski definition) is 6. The topological polar surface area (TPSA) is 93.9 Å². The molecule has 2 aromatic heterocycles. The lowest BCUT2D eigenvalue weighted by Crippen LogP contribution is -2.03. The van der Waals surface area contributed by atoms with Crippen molar-refractivity contribution in [1.82, 2.24) is 20.6 Å². The molecule has 0 aliphatic heterocycles. The number of ether oxygens (including phenoxy) is 1. The fraction of sp³-hybridized carbons (Fsp3) is 0.125. The molecule has 0 bridgehead atoms. The van der Waals surface area contributed by atoms with Crippen LogP contribution in [0.5, 0.6) is 0 Å². The summed E-state index contributed by atoms with van der Waals surface area (Å²) in [6, 6.07) is 10.7. The second-order valence-corrected chi connectivity index (χ2v) is 5.14. The van der Waals surface area contributed by atoms with E-state index in [1.165, 1.54) is 0 Å². The van der Waals surface area contributed by atoms with Crippen LogP contribution in [-0.4, -0.2) is 27.7 Å². The summed E-state index contributed by atoms with van der Waals surface area (Å²) >= 11 is 0. The monoisotopic (exact) mass is 308 g/mol. The van der Waals surface area contributed by atoms with Gasteiger partial charge in [0.15, 0.2) is 0 Å². The first-order valence-corrected chi connectivity index (χ1v) is 6.98. The van der Waals surface area contributed by atoms with Crippen molar-refractivity contribution in [3.05, 3.63) is 52.2 Å². The first-order chi connectivity index (χ1) is 11.3. The largest absolute Gasteiger partial charge is 0.456 e. The van der Waals surface area contributed by atoms with E-state index < -0.39 is 0 Å². The minimum atomic E-state index is -0.0705. The van der Waals surface area contributed by atoms with Gasteiger partial charge in [-0.2, -0.15) is 5.21 Å². The summed E-state index contributed by atoms with van der Waals surface area (Å²) in [5.41, 5.74) is 2.61. The molecular weight excluding hydrogens is 296 g/mol. The molecule has 0 fully saturated rings. The van der Waals surface area contributed by atoms with Crippen LogP contribution in [0.4, 0.5) is 0 Å². The number of H-pyrrole nitrogens is 1. The van der Waals surface area contributed by atoms with E-state index in [-0.39, 0.29) is 5.43 Å². The Morgan fingerprint density at radius 1 is 1.13 bits per heavy atom. The Kier molecular flexibility index (Phi) is 3.13. The third kappa shape index (κ3) is 2.27. The standard InChI is InChI=1S/C16H12N4O3/c1-22-8-9-2-5-13-12(6-9)15(21)11-4-3-10(7-14(11)23-13)16-17-19-20-18-16/h2-7H,8H2,1H3,(H,17,18,19,20). The molecule has 7 heteroatoms. The number of fused-ring (bicyclic) bond motifs is 2. The van der Waals surface area contributed by atoms with E-state index in [1.54, 1.807) is 37.4 Å². The molecule has 4 rings (SSSR count). The average molecular weight is 308 g/mol. The lowest BCUT2D eigenvalue weighted by atomic mass is 10.1. The Balaban J connectivity index is 1.96. The van der Waals surface area contributed by atoms with Crippen LogP contribution in [0.25, 0.3) is 33.3 Å². The van der Waals surface area contributed by atoms with Crippen molar-refractivity contribution >= 4 is 21.9 Å². The number of nitrogens with zero attached hydrogens (tertiary/aromatic N) is 3. The number of hydrogen-bond donors (Lipinski definition) is 1. The first-order valence-electron chi connectivity index (χ1n) is 6.98. The zero-order chi connectivity index (χ0) is 15.8. The quantitative estimate of drug-likeness (QED) is 0.583. The van der Waals surface area contributed by atoms with E-state index in [0.717, 1.165) is 11.1 Å². The summed E-state index contributed by atoms with van der Waals surface area (Å²) < 4.78 is 11.0. The maximum Gasteiger partial charge on any atom is 0.204 e. The molecule has 0 spiro atoms. The minimum Gasteiger partial charge on any atom is -0.456 e. The zero-order valence-corrected chi connectivity index (χ0v) is 12.2. The highest BCUT2D eigenvalue weighted by atomic mass is 16.5. The maximum atomic E-state index is 12.7. The van der Waals surface area contributed by atoms with Crippen molar-refractivity contribution in [3.63, 3.8) is 0 Å². The summed E-state index contributed by atoms with van der Waals surface area (Å²) in [5, 5.41) is 14.8. The molecule has 0 radical (unpaired) electrons. The summed E-state index contributed by atoms with van der Waals surface area (Å²) in [7, 11) is 1.62. The van der Waals surface area contributed by atoms with Gasteiger partial charge in [-0.1, -0.05) is 12.1 Å². The summed E-state index contributed by atoms with van der Waals surface area (Å²) in [6.45, 7) is 0.449. The van der Waals surface area contributed by atoms with Gasteiger partial charge in [-0.3, -0.25) is 4.79 Å². The molecule has 0 saturated heterocycles. The van der Waals surface area contributed by atoms with Crippen LogP contribution in [0.1, 0.15) is 5.56 Å². The number of aromatic amines is 1. The molecule has 2 heterocycles. The van der Waals surface area contributed by atoms with Crippen molar-refractivity contribution in [1.29, 1.82) is 0 Å². The molecule has 0 aliphatic carbocycles. The smallest absolute Gasteiger partial charge is 0.204 e.